The number of hydrogen-bond donors (Lipinski definition) is 1. The van der Waals surface area contributed by atoms with Gasteiger partial charge in [0.1, 0.15) is 12.4 Å². The van der Waals surface area contributed by atoms with Crippen LogP contribution in [-0.2, 0) is 14.8 Å². The molecule has 0 unspecified atom stereocenters. The maximum absolute atomic E-state index is 14.1. The number of benzene rings is 4. The Morgan fingerprint density at radius 2 is 1.57 bits per heavy atom. The van der Waals surface area contributed by atoms with Gasteiger partial charge >= 0.3 is 0 Å². The van der Waals surface area contributed by atoms with Gasteiger partial charge in [-0.2, -0.15) is 0 Å². The number of fused-ring (bicyclic) bond motifs is 3. The third-order valence-electron chi connectivity index (χ3n) is 6.20. The second-order valence-electron chi connectivity index (χ2n) is 8.44. The summed E-state index contributed by atoms with van der Waals surface area (Å²) in [6.45, 7) is 1.53. The predicted molar refractivity (Wildman–Crippen MR) is 134 cm³/mol. The van der Waals surface area contributed by atoms with E-state index in [1.807, 2.05) is 61.5 Å². The SMILES string of the molecule is Cc1ccccc1[C@H](NC(=O)CN1c2ccc(F)cc2-c2ccccc2S1(=O)=O)c1ccccc1. The minimum Gasteiger partial charge on any atom is -0.344 e. The lowest BCUT2D eigenvalue weighted by atomic mass is 9.95. The molecule has 5 rings (SSSR count). The Kier molecular flexibility index (Phi) is 5.86. The molecule has 0 aliphatic carbocycles. The first-order chi connectivity index (χ1) is 16.9. The van der Waals surface area contributed by atoms with Crippen molar-refractivity contribution in [3.05, 3.63) is 120 Å². The van der Waals surface area contributed by atoms with Crippen LogP contribution in [0.1, 0.15) is 22.7 Å². The smallest absolute Gasteiger partial charge is 0.265 e. The molecule has 1 aliphatic heterocycles. The molecule has 1 N–H and O–H groups in total. The summed E-state index contributed by atoms with van der Waals surface area (Å²) in [5, 5.41) is 3.02. The molecule has 4 aromatic rings. The molecule has 0 aromatic heterocycles. The second kappa shape index (κ2) is 9.00. The van der Waals surface area contributed by atoms with Gasteiger partial charge in [-0.05, 0) is 47.9 Å². The van der Waals surface area contributed by atoms with Crippen molar-refractivity contribution in [2.24, 2.45) is 0 Å². The van der Waals surface area contributed by atoms with Crippen molar-refractivity contribution in [2.45, 2.75) is 17.9 Å². The van der Waals surface area contributed by atoms with Crippen LogP contribution < -0.4 is 9.62 Å². The minimum absolute atomic E-state index is 0.0458. The summed E-state index contributed by atoms with van der Waals surface area (Å²) in [4.78, 5) is 13.4. The molecular formula is C28H23FN2O3S. The number of nitrogens with zero attached hydrogens (tertiary/aromatic N) is 1. The quantitative estimate of drug-likeness (QED) is 0.421. The Balaban J connectivity index is 1.52. The fourth-order valence-corrected chi connectivity index (χ4v) is 6.16. The van der Waals surface area contributed by atoms with Crippen LogP contribution in [0.25, 0.3) is 11.1 Å². The number of hydrogen-bond acceptors (Lipinski definition) is 3. The Labute approximate surface area is 203 Å². The molecule has 1 aliphatic rings. The zero-order valence-electron chi connectivity index (χ0n) is 19.0. The molecule has 1 heterocycles. The van der Waals surface area contributed by atoms with E-state index >= 15 is 0 Å². The lowest BCUT2D eigenvalue weighted by Crippen LogP contribution is -2.43. The third-order valence-corrected chi connectivity index (χ3v) is 8.02. The number of sulfonamides is 1. The van der Waals surface area contributed by atoms with Gasteiger partial charge in [-0.3, -0.25) is 9.10 Å². The lowest BCUT2D eigenvalue weighted by molar-refractivity contribution is -0.120. The van der Waals surface area contributed by atoms with Gasteiger partial charge < -0.3 is 5.32 Å². The first-order valence-electron chi connectivity index (χ1n) is 11.2. The van der Waals surface area contributed by atoms with E-state index in [4.69, 9.17) is 0 Å². The van der Waals surface area contributed by atoms with E-state index in [-0.39, 0.29) is 10.6 Å². The van der Waals surface area contributed by atoms with Crippen molar-refractivity contribution in [1.29, 1.82) is 0 Å². The standard InChI is InChI=1S/C28H23FN2O3S/c1-19-9-5-6-12-22(19)28(20-10-3-2-4-11-20)30-27(32)18-31-25-16-15-21(29)17-24(25)23-13-7-8-14-26(23)35(31,33)34/h2-17,28H,18H2,1H3,(H,30,32)/t28-/m1/s1. The van der Waals surface area contributed by atoms with E-state index in [1.54, 1.807) is 18.2 Å². The topological polar surface area (TPSA) is 66.5 Å². The molecule has 35 heavy (non-hydrogen) atoms. The highest BCUT2D eigenvalue weighted by Gasteiger charge is 2.36. The first kappa shape index (κ1) is 22.8. The molecular weight excluding hydrogens is 463 g/mol. The van der Waals surface area contributed by atoms with Gasteiger partial charge in [0.2, 0.25) is 5.91 Å². The average molecular weight is 487 g/mol. The predicted octanol–water partition coefficient (Wildman–Crippen LogP) is 5.22. The number of amides is 1. The Hall–Kier alpha value is -3.97. The molecule has 7 heteroatoms. The van der Waals surface area contributed by atoms with Gasteiger partial charge in [0, 0.05) is 11.1 Å². The van der Waals surface area contributed by atoms with Crippen LogP contribution in [0.5, 0.6) is 0 Å². The molecule has 0 saturated carbocycles. The van der Waals surface area contributed by atoms with Crippen molar-refractivity contribution >= 4 is 21.6 Å². The van der Waals surface area contributed by atoms with Gasteiger partial charge in [0.15, 0.2) is 0 Å². The Morgan fingerprint density at radius 1 is 0.886 bits per heavy atom. The van der Waals surface area contributed by atoms with Crippen LogP contribution >= 0.6 is 0 Å². The highest BCUT2D eigenvalue weighted by molar-refractivity contribution is 7.93. The van der Waals surface area contributed by atoms with Crippen molar-refractivity contribution in [3.63, 3.8) is 0 Å². The number of carbonyl (C=O) groups excluding carboxylic acids is 1. The van der Waals surface area contributed by atoms with Gasteiger partial charge in [-0.15, -0.1) is 0 Å². The maximum Gasteiger partial charge on any atom is 0.265 e. The molecule has 1 amide bonds. The van der Waals surface area contributed by atoms with E-state index in [1.165, 1.54) is 24.3 Å². The van der Waals surface area contributed by atoms with E-state index in [0.717, 1.165) is 21.0 Å². The molecule has 0 radical (unpaired) electrons. The molecule has 0 spiro atoms. The summed E-state index contributed by atoms with van der Waals surface area (Å²) < 4.78 is 42.2. The second-order valence-corrected chi connectivity index (χ2v) is 10.3. The Morgan fingerprint density at radius 3 is 2.34 bits per heavy atom. The minimum atomic E-state index is -4.03. The average Bonchev–Trinajstić information content (AvgIpc) is 2.86. The van der Waals surface area contributed by atoms with Crippen molar-refractivity contribution in [2.75, 3.05) is 10.8 Å². The molecule has 0 saturated heterocycles. The van der Waals surface area contributed by atoms with Gasteiger partial charge in [-0.25, -0.2) is 12.8 Å². The van der Waals surface area contributed by atoms with E-state index in [0.29, 0.717) is 11.1 Å². The number of rotatable bonds is 5. The summed E-state index contributed by atoms with van der Waals surface area (Å²) >= 11 is 0. The van der Waals surface area contributed by atoms with Crippen LogP contribution in [0, 0.1) is 12.7 Å². The van der Waals surface area contributed by atoms with Crippen LogP contribution in [-0.4, -0.2) is 20.9 Å². The lowest BCUT2D eigenvalue weighted by Gasteiger charge is -2.32. The van der Waals surface area contributed by atoms with E-state index in [9.17, 15) is 17.6 Å². The summed E-state index contributed by atoms with van der Waals surface area (Å²) in [5.74, 6) is -0.953. The summed E-state index contributed by atoms with van der Waals surface area (Å²) in [6.07, 6.45) is 0. The number of carbonyl (C=O) groups is 1. The van der Waals surface area contributed by atoms with Crippen LogP contribution in [0.15, 0.2) is 102 Å². The van der Waals surface area contributed by atoms with Crippen molar-refractivity contribution < 1.29 is 17.6 Å². The monoisotopic (exact) mass is 486 g/mol. The molecule has 0 bridgehead atoms. The summed E-state index contributed by atoms with van der Waals surface area (Å²) in [7, 11) is -4.03. The van der Waals surface area contributed by atoms with E-state index < -0.39 is 34.3 Å². The molecule has 4 aromatic carbocycles. The third kappa shape index (κ3) is 4.19. The highest BCUT2D eigenvalue weighted by atomic mass is 32.2. The summed E-state index contributed by atoms with van der Waals surface area (Å²) in [5.41, 5.74) is 3.92. The maximum atomic E-state index is 14.1. The van der Waals surface area contributed by atoms with E-state index in [2.05, 4.69) is 5.32 Å². The van der Waals surface area contributed by atoms with Crippen LogP contribution in [0.3, 0.4) is 0 Å². The molecule has 176 valence electrons. The normalized spacial score (nSPS) is 14.5. The first-order valence-corrected chi connectivity index (χ1v) is 12.6. The van der Waals surface area contributed by atoms with Gasteiger partial charge in [0.05, 0.1) is 16.6 Å². The highest BCUT2D eigenvalue weighted by Crippen LogP contribution is 2.43. The number of anilines is 1. The fraction of sp³-hybridized carbons (Fsp3) is 0.107. The number of aryl methyl sites for hydroxylation is 1. The fourth-order valence-electron chi connectivity index (χ4n) is 4.51. The van der Waals surface area contributed by atoms with Gasteiger partial charge in [0.25, 0.3) is 10.0 Å². The molecule has 5 nitrogen and oxygen atoms in total. The molecule has 1 atom stereocenters. The zero-order valence-corrected chi connectivity index (χ0v) is 19.8. The number of halogens is 1. The zero-order chi connectivity index (χ0) is 24.6. The van der Waals surface area contributed by atoms with Crippen LogP contribution in [0.4, 0.5) is 10.1 Å². The van der Waals surface area contributed by atoms with Gasteiger partial charge in [-0.1, -0.05) is 72.8 Å². The summed E-state index contributed by atoms with van der Waals surface area (Å²) in [6, 6.07) is 27.1. The molecule has 0 fully saturated rings. The Bertz CT molecular complexity index is 1520. The van der Waals surface area contributed by atoms with Crippen LogP contribution in [0.2, 0.25) is 0 Å². The number of nitrogens with one attached hydrogen (secondary N) is 1. The largest absolute Gasteiger partial charge is 0.344 e. The van der Waals surface area contributed by atoms with Crippen molar-refractivity contribution in [1.82, 2.24) is 5.32 Å². The van der Waals surface area contributed by atoms with Crippen molar-refractivity contribution in [3.8, 4) is 11.1 Å².